The van der Waals surface area contributed by atoms with Gasteiger partial charge >= 0.3 is 12.1 Å². The van der Waals surface area contributed by atoms with Crippen molar-refractivity contribution in [1.82, 2.24) is 15.6 Å². The molecule has 2 rings (SSSR count). The summed E-state index contributed by atoms with van der Waals surface area (Å²) in [6, 6.07) is 7.22. The minimum Gasteiger partial charge on any atom is -0.463 e. The zero-order chi connectivity index (χ0) is 20.8. The number of benzene rings is 1. The van der Waals surface area contributed by atoms with Crippen molar-refractivity contribution in [3.05, 3.63) is 65.7 Å². The third-order valence-corrected chi connectivity index (χ3v) is 3.70. The average molecular weight is 399 g/mol. The molecule has 1 aromatic heterocycles. The van der Waals surface area contributed by atoms with Gasteiger partial charge in [-0.05, 0) is 36.8 Å². The molecule has 1 heterocycles. The highest BCUT2D eigenvalue weighted by molar-refractivity contribution is 5.98. The lowest BCUT2D eigenvalue weighted by molar-refractivity contribution is -0.219. The van der Waals surface area contributed by atoms with Gasteiger partial charge in [-0.3, -0.25) is 15.1 Å². The molecule has 28 heavy (non-hydrogen) atoms. The first-order valence-electron chi connectivity index (χ1n) is 8.15. The number of rotatable bonds is 7. The smallest absolute Gasteiger partial charge is 0.436 e. The van der Waals surface area contributed by atoms with Crippen LogP contribution in [0, 0.1) is 5.82 Å². The van der Waals surface area contributed by atoms with Crippen molar-refractivity contribution in [2.45, 2.75) is 25.3 Å². The predicted molar refractivity (Wildman–Crippen MR) is 90.4 cm³/mol. The average Bonchev–Trinajstić information content (AvgIpc) is 2.66. The number of carbonyl (C=O) groups is 2. The number of ether oxygens (including phenoxy) is 1. The molecule has 0 unspecified atom stereocenters. The Morgan fingerprint density at radius 1 is 1.14 bits per heavy atom. The topological polar surface area (TPSA) is 80.3 Å². The molecule has 2 aromatic rings. The lowest BCUT2D eigenvalue weighted by atomic mass is 10.1. The molecule has 150 valence electrons. The maximum atomic E-state index is 13.9. The van der Waals surface area contributed by atoms with E-state index in [9.17, 15) is 27.2 Å². The SMILES string of the molecule is CCOC(=O)[C@](NCc1ccc(F)cc1)(NC(=O)c1cccnc1)C(F)(F)F. The van der Waals surface area contributed by atoms with Crippen molar-refractivity contribution in [2.75, 3.05) is 6.61 Å². The lowest BCUT2D eigenvalue weighted by Crippen LogP contribution is -2.72. The number of pyridine rings is 1. The number of alkyl halides is 3. The zero-order valence-corrected chi connectivity index (χ0v) is 14.7. The third-order valence-electron chi connectivity index (χ3n) is 3.70. The second kappa shape index (κ2) is 8.79. The molecule has 6 nitrogen and oxygen atoms in total. The standard InChI is InChI=1S/C18H17F4N3O3/c1-2-28-16(27)17(18(20,21)22,24-10-12-5-7-14(19)8-6-12)25-15(26)13-4-3-9-23-11-13/h3-9,11,24H,2,10H2,1H3,(H,25,26)/t17-/m0/s1. The van der Waals surface area contributed by atoms with E-state index in [-0.39, 0.29) is 17.7 Å². The Hall–Kier alpha value is -3.01. The highest BCUT2D eigenvalue weighted by Crippen LogP contribution is 2.30. The van der Waals surface area contributed by atoms with Crippen LogP contribution in [0.5, 0.6) is 0 Å². The van der Waals surface area contributed by atoms with Crippen molar-refractivity contribution >= 4 is 11.9 Å². The van der Waals surface area contributed by atoms with E-state index in [0.717, 1.165) is 18.3 Å². The van der Waals surface area contributed by atoms with Crippen molar-refractivity contribution in [3.8, 4) is 0 Å². The first-order chi connectivity index (χ1) is 13.2. The van der Waals surface area contributed by atoms with Crippen molar-refractivity contribution in [3.63, 3.8) is 0 Å². The molecule has 2 N–H and O–H groups in total. The largest absolute Gasteiger partial charge is 0.463 e. The summed E-state index contributed by atoms with van der Waals surface area (Å²) >= 11 is 0. The molecular formula is C18H17F4N3O3. The number of hydrogen-bond donors (Lipinski definition) is 2. The summed E-state index contributed by atoms with van der Waals surface area (Å²) in [5, 5.41) is 3.71. The first kappa shape index (κ1) is 21.3. The van der Waals surface area contributed by atoms with Crippen LogP contribution < -0.4 is 10.6 Å². The van der Waals surface area contributed by atoms with Gasteiger partial charge < -0.3 is 10.1 Å². The monoisotopic (exact) mass is 399 g/mol. The van der Waals surface area contributed by atoms with Gasteiger partial charge in [-0.1, -0.05) is 12.1 Å². The van der Waals surface area contributed by atoms with E-state index in [1.54, 1.807) is 5.32 Å². The summed E-state index contributed by atoms with van der Waals surface area (Å²) in [4.78, 5) is 28.2. The van der Waals surface area contributed by atoms with Gasteiger partial charge in [0.1, 0.15) is 5.82 Å². The van der Waals surface area contributed by atoms with Gasteiger partial charge in [0, 0.05) is 18.9 Å². The van der Waals surface area contributed by atoms with Gasteiger partial charge in [-0.2, -0.15) is 13.2 Å². The summed E-state index contributed by atoms with van der Waals surface area (Å²) in [6.07, 6.45) is -2.84. The van der Waals surface area contributed by atoms with E-state index in [2.05, 4.69) is 9.72 Å². The van der Waals surface area contributed by atoms with Gasteiger partial charge in [-0.25, -0.2) is 9.18 Å². The molecule has 1 amide bonds. The lowest BCUT2D eigenvalue weighted by Gasteiger charge is -2.34. The fraction of sp³-hybridized carbons (Fsp3) is 0.278. The Labute approximate surface area is 157 Å². The van der Waals surface area contributed by atoms with Crippen molar-refractivity contribution < 1.29 is 31.9 Å². The van der Waals surface area contributed by atoms with E-state index in [1.165, 1.54) is 37.4 Å². The quantitative estimate of drug-likeness (QED) is 0.425. The minimum absolute atomic E-state index is 0.177. The van der Waals surface area contributed by atoms with Crippen LogP contribution >= 0.6 is 0 Å². The number of aromatic nitrogens is 1. The van der Waals surface area contributed by atoms with Crippen LogP contribution in [-0.4, -0.2) is 35.3 Å². The van der Waals surface area contributed by atoms with Crippen LogP contribution in [0.2, 0.25) is 0 Å². The first-order valence-corrected chi connectivity index (χ1v) is 8.15. The second-order valence-corrected chi connectivity index (χ2v) is 5.64. The Balaban J connectivity index is 2.37. The molecule has 0 aliphatic carbocycles. The number of carbonyl (C=O) groups excluding carboxylic acids is 2. The molecule has 0 spiro atoms. The highest BCUT2D eigenvalue weighted by Gasteiger charge is 2.63. The Kier molecular flexibility index (Phi) is 6.68. The summed E-state index contributed by atoms with van der Waals surface area (Å²) in [5.74, 6) is -3.46. The number of hydrogen-bond acceptors (Lipinski definition) is 5. The fourth-order valence-electron chi connectivity index (χ4n) is 2.27. The second-order valence-electron chi connectivity index (χ2n) is 5.64. The molecule has 0 aliphatic heterocycles. The molecule has 0 radical (unpaired) electrons. The van der Waals surface area contributed by atoms with Crippen molar-refractivity contribution in [2.24, 2.45) is 0 Å². The third kappa shape index (κ3) is 4.83. The minimum atomic E-state index is -5.24. The van der Waals surface area contributed by atoms with Gasteiger partial charge in [-0.15, -0.1) is 0 Å². The van der Waals surface area contributed by atoms with Crippen LogP contribution in [0.3, 0.4) is 0 Å². The Morgan fingerprint density at radius 2 is 1.82 bits per heavy atom. The molecule has 0 saturated carbocycles. The summed E-state index contributed by atoms with van der Waals surface area (Å²) < 4.78 is 59.4. The molecule has 0 fully saturated rings. The maximum absolute atomic E-state index is 13.9. The van der Waals surface area contributed by atoms with E-state index in [0.29, 0.717) is 0 Å². The fourth-order valence-corrected chi connectivity index (χ4v) is 2.27. The van der Waals surface area contributed by atoms with Crippen LogP contribution in [-0.2, 0) is 16.1 Å². The van der Waals surface area contributed by atoms with Crippen LogP contribution in [0.25, 0.3) is 0 Å². The number of amides is 1. The maximum Gasteiger partial charge on any atom is 0.436 e. The van der Waals surface area contributed by atoms with E-state index in [1.807, 2.05) is 5.32 Å². The Morgan fingerprint density at radius 3 is 2.36 bits per heavy atom. The Bertz CT molecular complexity index is 813. The van der Waals surface area contributed by atoms with E-state index >= 15 is 0 Å². The summed E-state index contributed by atoms with van der Waals surface area (Å²) in [7, 11) is 0. The number of esters is 1. The summed E-state index contributed by atoms with van der Waals surface area (Å²) in [6.45, 7) is 0.505. The van der Waals surface area contributed by atoms with Crippen LogP contribution in [0.15, 0.2) is 48.8 Å². The normalized spacial score (nSPS) is 13.5. The molecule has 0 bridgehead atoms. The van der Waals surface area contributed by atoms with E-state index < -0.39 is 36.1 Å². The molecule has 1 aromatic carbocycles. The van der Waals surface area contributed by atoms with Crippen molar-refractivity contribution in [1.29, 1.82) is 0 Å². The zero-order valence-electron chi connectivity index (χ0n) is 14.7. The predicted octanol–water partition coefficient (Wildman–Crippen LogP) is 2.56. The number of nitrogens with one attached hydrogen (secondary N) is 2. The molecule has 10 heteroatoms. The van der Waals surface area contributed by atoms with Gasteiger partial charge in [0.25, 0.3) is 11.6 Å². The van der Waals surface area contributed by atoms with Gasteiger partial charge in [0.2, 0.25) is 0 Å². The molecule has 0 saturated heterocycles. The van der Waals surface area contributed by atoms with E-state index in [4.69, 9.17) is 0 Å². The van der Waals surface area contributed by atoms with Gasteiger partial charge in [0.05, 0.1) is 12.2 Å². The number of halogens is 4. The summed E-state index contributed by atoms with van der Waals surface area (Å²) in [5.41, 5.74) is -3.43. The molecule has 1 atom stereocenters. The van der Waals surface area contributed by atoms with Gasteiger partial charge in [0.15, 0.2) is 0 Å². The van der Waals surface area contributed by atoms with Crippen LogP contribution in [0.1, 0.15) is 22.8 Å². The molecular weight excluding hydrogens is 382 g/mol. The van der Waals surface area contributed by atoms with Crippen LogP contribution in [0.4, 0.5) is 17.6 Å². The molecule has 0 aliphatic rings. The highest BCUT2D eigenvalue weighted by atomic mass is 19.4. The number of nitrogens with zero attached hydrogens (tertiary/aromatic N) is 1.